The molecule has 0 aromatic rings. The van der Waals surface area contributed by atoms with Crippen molar-refractivity contribution < 1.29 is 4.79 Å². The topological polar surface area (TPSA) is 40.9 Å². The van der Waals surface area contributed by atoms with Gasteiger partial charge in [0.1, 0.15) is 0 Å². The summed E-state index contributed by atoms with van der Waals surface area (Å²) in [6.45, 7) is 0. The highest BCUT2D eigenvalue weighted by molar-refractivity contribution is 5.76. The average molecular weight is 107 g/mol. The first kappa shape index (κ1) is 21.3. The Kier molecular flexibility index (Phi) is 194. The van der Waals surface area contributed by atoms with Crippen LogP contribution >= 0.6 is 0 Å². The van der Waals surface area contributed by atoms with Gasteiger partial charge in [0.15, 0.2) is 0 Å². The molecule has 0 aliphatic rings. The molecule has 5 heavy (non-hydrogen) atoms. The van der Waals surface area contributed by atoms with Crippen molar-refractivity contribution in [2.24, 2.45) is 0 Å². The van der Waals surface area contributed by atoms with Crippen molar-refractivity contribution in [3.8, 4) is 0 Å². The van der Waals surface area contributed by atoms with E-state index in [4.69, 9.17) is 10.2 Å². The van der Waals surface area contributed by atoms with Gasteiger partial charge in [0, 0.05) is 0 Å². The van der Waals surface area contributed by atoms with Gasteiger partial charge < -0.3 is 0 Å². The zero-order valence-electron chi connectivity index (χ0n) is 1.41. The number of rotatable bonds is 0. The Bertz CT molecular complexity index is 30.6. The molecular formula is CH9NOSi2. The Morgan fingerprint density at radius 3 is 1.40 bits per heavy atom. The van der Waals surface area contributed by atoms with Gasteiger partial charge in [-0.15, -0.1) is 0 Å². The molecule has 0 fully saturated rings. The molecule has 0 aliphatic heterocycles. The Hall–Kier alpha value is -0.186. The van der Waals surface area contributed by atoms with E-state index >= 15 is 0 Å². The fourth-order valence-corrected chi connectivity index (χ4v) is 0. The first-order valence-corrected chi connectivity index (χ1v) is 0.454. The quantitative estimate of drug-likeness (QED) is 0.200. The maximum Gasteiger partial charge on any atom is 0.231 e. The van der Waals surface area contributed by atoms with Gasteiger partial charge in [0.25, 0.3) is 0 Å². The van der Waals surface area contributed by atoms with Crippen molar-refractivity contribution in [3.05, 3.63) is 0 Å². The summed E-state index contributed by atoms with van der Waals surface area (Å²) >= 11 is 0. The maximum absolute atomic E-state index is 8.35. The minimum absolute atomic E-state index is 0. The summed E-state index contributed by atoms with van der Waals surface area (Å²) in [5.41, 5.74) is 0. The van der Waals surface area contributed by atoms with Crippen molar-refractivity contribution in [2.75, 3.05) is 0 Å². The summed E-state index contributed by atoms with van der Waals surface area (Å²) in [4.78, 5) is 8.35. The lowest BCUT2D eigenvalue weighted by Crippen LogP contribution is -1.16. The third kappa shape index (κ3) is 362. The molecule has 0 saturated carbocycles. The van der Waals surface area contributed by atoms with Crippen LogP contribution in [0.4, 0.5) is 0 Å². The molecule has 0 aromatic heterocycles. The van der Waals surface area contributed by atoms with Crippen LogP contribution in [-0.2, 0) is 4.79 Å². The first-order chi connectivity index (χ1) is 1.41. The number of hydrogen-bond donors (Lipinski definition) is 1. The van der Waals surface area contributed by atoms with Gasteiger partial charge in [-0.05, 0) is 21.9 Å². The monoisotopic (exact) mass is 107 g/mol. The minimum Gasteiger partial charge on any atom is -0.222 e. The molecular weight excluding hydrogens is 98.2 g/mol. The zero-order chi connectivity index (χ0) is 2.71. The van der Waals surface area contributed by atoms with Crippen LogP contribution in [0.15, 0.2) is 0 Å². The summed E-state index contributed by atoms with van der Waals surface area (Å²) in [5.74, 6) is 0. The van der Waals surface area contributed by atoms with Crippen molar-refractivity contribution in [1.29, 1.82) is 5.41 Å². The summed E-state index contributed by atoms with van der Waals surface area (Å²) in [6.07, 6.45) is 0.750. The third-order valence-corrected chi connectivity index (χ3v) is 0. The van der Waals surface area contributed by atoms with Gasteiger partial charge in [-0.1, -0.05) is 0 Å². The highest BCUT2D eigenvalue weighted by Crippen LogP contribution is 0.868. The highest BCUT2D eigenvalue weighted by Gasteiger charge is 1.03. The number of hydrogen-bond acceptors (Lipinski definition) is 2. The van der Waals surface area contributed by atoms with Crippen LogP contribution in [0.25, 0.3) is 0 Å². The molecule has 0 heterocycles. The van der Waals surface area contributed by atoms with Crippen molar-refractivity contribution in [3.63, 3.8) is 0 Å². The molecule has 0 saturated heterocycles. The normalized spacial score (nSPS) is 1.60. The van der Waals surface area contributed by atoms with Crippen molar-refractivity contribution in [1.82, 2.24) is 0 Å². The van der Waals surface area contributed by atoms with E-state index in [1.165, 1.54) is 0 Å². The lowest BCUT2D eigenvalue weighted by atomic mass is 11.7. The van der Waals surface area contributed by atoms with Gasteiger partial charge in [0.05, 0.1) is 0 Å². The average Bonchev–Trinajstić information content (AvgIpc) is 0.918. The van der Waals surface area contributed by atoms with Crippen LogP contribution in [0.1, 0.15) is 0 Å². The van der Waals surface area contributed by atoms with E-state index in [1.807, 2.05) is 0 Å². The van der Waals surface area contributed by atoms with Crippen LogP contribution in [0.3, 0.4) is 0 Å². The molecule has 1 N–H and O–H groups in total. The SMILES string of the molecule is N=C=O.[SiH4].[SiH4]. The van der Waals surface area contributed by atoms with E-state index in [0.717, 1.165) is 6.08 Å². The lowest BCUT2D eigenvalue weighted by Gasteiger charge is -1.02. The smallest absolute Gasteiger partial charge is 0.222 e. The zero-order valence-corrected chi connectivity index (χ0v) is 1.41. The standard InChI is InChI=1S/CHNO.2H4Si/c2-1-3;;/h2H;2*1H4. The number of isocyanates is 1. The molecule has 2 nitrogen and oxygen atoms in total. The van der Waals surface area contributed by atoms with E-state index in [2.05, 4.69) is 0 Å². The molecule has 0 atom stereocenters. The molecule has 0 amide bonds. The van der Waals surface area contributed by atoms with Crippen LogP contribution in [0.2, 0.25) is 0 Å². The molecule has 0 spiro atoms. The predicted molar refractivity (Wildman–Crippen MR) is 31.1 cm³/mol. The van der Waals surface area contributed by atoms with Gasteiger partial charge >= 0.3 is 0 Å². The molecule has 0 aromatic carbocycles. The molecule has 0 rings (SSSR count). The lowest BCUT2D eigenvalue weighted by molar-refractivity contribution is 0.563. The molecule has 0 radical (unpaired) electrons. The highest BCUT2D eigenvalue weighted by atomic mass is 28.1. The second-order valence-electron chi connectivity index (χ2n) is 0.102. The van der Waals surface area contributed by atoms with Gasteiger partial charge in [-0.25, -0.2) is 10.2 Å². The van der Waals surface area contributed by atoms with E-state index in [-0.39, 0.29) is 21.9 Å². The largest absolute Gasteiger partial charge is 0.231 e. The second-order valence-corrected chi connectivity index (χ2v) is 0.102. The molecule has 4 heteroatoms. The fraction of sp³-hybridized carbons (Fsp3) is 0. The summed E-state index contributed by atoms with van der Waals surface area (Å²) < 4.78 is 0. The molecule has 0 bridgehead atoms. The number of carbonyl (C=O) groups excluding carboxylic acids is 1. The van der Waals surface area contributed by atoms with E-state index in [1.54, 1.807) is 0 Å². The van der Waals surface area contributed by atoms with Crippen LogP contribution in [0, 0.1) is 5.41 Å². The minimum atomic E-state index is 0. The van der Waals surface area contributed by atoms with Crippen LogP contribution < -0.4 is 0 Å². The van der Waals surface area contributed by atoms with E-state index in [9.17, 15) is 0 Å². The summed E-state index contributed by atoms with van der Waals surface area (Å²) in [6, 6.07) is 0. The van der Waals surface area contributed by atoms with Gasteiger partial charge in [0.2, 0.25) is 6.08 Å². The molecule has 0 unspecified atom stereocenters. The van der Waals surface area contributed by atoms with Crippen LogP contribution in [0.5, 0.6) is 0 Å². The van der Waals surface area contributed by atoms with E-state index < -0.39 is 0 Å². The Balaban J connectivity index is -0.0000000200. The molecule has 0 aliphatic carbocycles. The summed E-state index contributed by atoms with van der Waals surface area (Å²) in [5, 5.41) is 5.40. The maximum atomic E-state index is 8.35. The third-order valence-electron chi connectivity index (χ3n) is 0. The Morgan fingerprint density at radius 2 is 1.40 bits per heavy atom. The van der Waals surface area contributed by atoms with Gasteiger partial charge in [-0.3, -0.25) is 0 Å². The van der Waals surface area contributed by atoms with Crippen molar-refractivity contribution in [2.45, 2.75) is 0 Å². The number of nitrogens with one attached hydrogen (secondary N) is 1. The Labute approximate surface area is 39.1 Å². The van der Waals surface area contributed by atoms with Crippen molar-refractivity contribution >= 4 is 28.0 Å². The predicted octanol–water partition coefficient (Wildman–Crippen LogP) is -3.00. The molecule has 32 valence electrons. The Morgan fingerprint density at radius 1 is 1.40 bits per heavy atom. The first-order valence-electron chi connectivity index (χ1n) is 0.454. The van der Waals surface area contributed by atoms with E-state index in [0.29, 0.717) is 0 Å². The van der Waals surface area contributed by atoms with Gasteiger partial charge in [-0.2, -0.15) is 0 Å². The second kappa shape index (κ2) is 45.6. The van der Waals surface area contributed by atoms with Crippen LogP contribution in [-0.4, -0.2) is 28.0 Å². The summed E-state index contributed by atoms with van der Waals surface area (Å²) in [7, 11) is 0. The fourth-order valence-electron chi connectivity index (χ4n) is 0.